The highest BCUT2D eigenvalue weighted by molar-refractivity contribution is 5.86. The minimum atomic E-state index is -1.29. The minimum Gasteiger partial charge on any atom is -0.497 e. The third kappa shape index (κ3) is 4.75. The van der Waals surface area contributed by atoms with Gasteiger partial charge in [-0.3, -0.25) is 4.79 Å². The lowest BCUT2D eigenvalue weighted by Crippen LogP contribution is -2.58. The van der Waals surface area contributed by atoms with E-state index in [1.165, 1.54) is 25.9 Å². The van der Waals surface area contributed by atoms with E-state index in [4.69, 9.17) is 4.74 Å². The Morgan fingerprint density at radius 2 is 2.04 bits per heavy atom. The average molecular weight is 361 g/mol. The quantitative estimate of drug-likeness (QED) is 0.682. The van der Waals surface area contributed by atoms with Crippen molar-refractivity contribution in [1.82, 2.24) is 15.1 Å². The number of hydrogen-bond acceptors (Lipinski definition) is 5. The van der Waals surface area contributed by atoms with Crippen LogP contribution in [0.1, 0.15) is 31.2 Å². The monoisotopic (exact) mass is 361 g/mol. The molecule has 1 amide bonds. The first kappa shape index (κ1) is 19.1. The SMILES string of the molecule is COc1cccc(CN2CCCC(O)(CNCCN3CCCC3)C2=O)c1. The van der Waals surface area contributed by atoms with Gasteiger partial charge in [-0.2, -0.15) is 0 Å². The molecule has 0 aromatic heterocycles. The summed E-state index contributed by atoms with van der Waals surface area (Å²) in [5, 5.41) is 14.2. The van der Waals surface area contributed by atoms with Gasteiger partial charge in [0.2, 0.25) is 0 Å². The number of methoxy groups -OCH3 is 1. The Morgan fingerprint density at radius 3 is 2.81 bits per heavy atom. The molecule has 1 unspecified atom stereocenters. The van der Waals surface area contributed by atoms with Gasteiger partial charge in [0.25, 0.3) is 5.91 Å². The average Bonchev–Trinajstić information content (AvgIpc) is 3.17. The van der Waals surface area contributed by atoms with Gasteiger partial charge in [0.15, 0.2) is 5.60 Å². The lowest BCUT2D eigenvalue weighted by atomic mass is 9.91. The van der Waals surface area contributed by atoms with E-state index >= 15 is 0 Å². The third-order valence-corrected chi connectivity index (χ3v) is 5.43. The molecule has 2 heterocycles. The summed E-state index contributed by atoms with van der Waals surface area (Å²) in [6.07, 6.45) is 3.90. The molecule has 1 aromatic carbocycles. The molecule has 2 saturated heterocycles. The molecule has 1 atom stereocenters. The largest absolute Gasteiger partial charge is 0.497 e. The normalized spacial score (nSPS) is 24.2. The van der Waals surface area contributed by atoms with E-state index in [1.807, 2.05) is 24.3 Å². The molecule has 0 radical (unpaired) electrons. The molecule has 0 saturated carbocycles. The van der Waals surface area contributed by atoms with Crippen molar-refractivity contribution in [3.05, 3.63) is 29.8 Å². The van der Waals surface area contributed by atoms with Gasteiger partial charge in [-0.1, -0.05) is 12.1 Å². The van der Waals surface area contributed by atoms with E-state index in [1.54, 1.807) is 12.0 Å². The van der Waals surface area contributed by atoms with E-state index in [2.05, 4.69) is 10.2 Å². The molecule has 26 heavy (non-hydrogen) atoms. The first-order chi connectivity index (χ1) is 12.6. The van der Waals surface area contributed by atoms with Crippen LogP contribution in [0.25, 0.3) is 0 Å². The maximum atomic E-state index is 12.9. The molecule has 0 aliphatic carbocycles. The molecule has 0 bridgehead atoms. The van der Waals surface area contributed by atoms with Crippen molar-refractivity contribution >= 4 is 5.91 Å². The number of ether oxygens (including phenoxy) is 1. The van der Waals surface area contributed by atoms with Crippen molar-refractivity contribution in [3.8, 4) is 5.75 Å². The third-order valence-electron chi connectivity index (χ3n) is 5.43. The summed E-state index contributed by atoms with van der Waals surface area (Å²) in [7, 11) is 1.64. The van der Waals surface area contributed by atoms with Gasteiger partial charge >= 0.3 is 0 Å². The molecule has 2 aliphatic heterocycles. The van der Waals surface area contributed by atoms with Crippen LogP contribution in [0.5, 0.6) is 5.75 Å². The van der Waals surface area contributed by atoms with Crippen molar-refractivity contribution in [1.29, 1.82) is 0 Å². The second-order valence-corrected chi connectivity index (χ2v) is 7.44. The molecule has 3 rings (SSSR count). The van der Waals surface area contributed by atoms with Crippen molar-refractivity contribution in [2.45, 2.75) is 37.8 Å². The summed E-state index contributed by atoms with van der Waals surface area (Å²) in [5.41, 5.74) is -0.272. The number of hydrogen-bond donors (Lipinski definition) is 2. The van der Waals surface area contributed by atoms with E-state index in [0.29, 0.717) is 26.1 Å². The molecular formula is C20H31N3O3. The molecular weight excluding hydrogens is 330 g/mol. The summed E-state index contributed by atoms with van der Waals surface area (Å²) in [4.78, 5) is 17.0. The van der Waals surface area contributed by atoms with Gasteiger partial charge < -0.3 is 25.0 Å². The van der Waals surface area contributed by atoms with Gasteiger partial charge in [-0.15, -0.1) is 0 Å². The second kappa shape index (κ2) is 8.84. The Balaban J connectivity index is 1.51. The van der Waals surface area contributed by atoms with Gasteiger partial charge in [0.05, 0.1) is 7.11 Å². The summed E-state index contributed by atoms with van der Waals surface area (Å²) < 4.78 is 5.25. The number of nitrogens with one attached hydrogen (secondary N) is 1. The van der Waals surface area contributed by atoms with Crippen LogP contribution in [0.3, 0.4) is 0 Å². The van der Waals surface area contributed by atoms with E-state index in [-0.39, 0.29) is 5.91 Å². The number of benzene rings is 1. The van der Waals surface area contributed by atoms with Crippen molar-refractivity contribution in [2.75, 3.05) is 46.4 Å². The van der Waals surface area contributed by atoms with Crippen molar-refractivity contribution in [3.63, 3.8) is 0 Å². The second-order valence-electron chi connectivity index (χ2n) is 7.44. The highest BCUT2D eigenvalue weighted by Gasteiger charge is 2.41. The number of nitrogens with zero attached hydrogens (tertiary/aromatic N) is 2. The fourth-order valence-electron chi connectivity index (χ4n) is 3.91. The number of carbonyl (C=O) groups is 1. The zero-order chi connectivity index (χ0) is 18.4. The molecule has 2 N–H and O–H groups in total. The Labute approximate surface area is 156 Å². The Morgan fingerprint density at radius 1 is 1.23 bits per heavy atom. The lowest BCUT2D eigenvalue weighted by molar-refractivity contribution is -0.157. The molecule has 0 spiro atoms. The zero-order valence-electron chi connectivity index (χ0n) is 15.7. The summed E-state index contributed by atoms with van der Waals surface area (Å²) in [5.74, 6) is 0.617. The predicted octanol–water partition coefficient (Wildman–Crippen LogP) is 1.23. The first-order valence-electron chi connectivity index (χ1n) is 9.68. The van der Waals surface area contributed by atoms with Gasteiger partial charge in [0.1, 0.15) is 5.75 Å². The summed E-state index contributed by atoms with van der Waals surface area (Å²) in [6.45, 7) is 5.65. The fraction of sp³-hybridized carbons (Fsp3) is 0.650. The number of carbonyl (C=O) groups excluding carboxylic acids is 1. The predicted molar refractivity (Wildman–Crippen MR) is 101 cm³/mol. The fourth-order valence-corrected chi connectivity index (χ4v) is 3.91. The number of piperidine rings is 1. The van der Waals surface area contributed by atoms with Gasteiger partial charge in [0, 0.05) is 32.7 Å². The Kier molecular flexibility index (Phi) is 6.51. The number of likely N-dealkylation sites (tertiary alicyclic amines) is 2. The lowest BCUT2D eigenvalue weighted by Gasteiger charge is -2.38. The molecule has 144 valence electrons. The van der Waals surface area contributed by atoms with Crippen molar-refractivity contribution in [2.24, 2.45) is 0 Å². The van der Waals surface area contributed by atoms with Crippen LogP contribution in [0.4, 0.5) is 0 Å². The van der Waals surface area contributed by atoms with Crippen LogP contribution >= 0.6 is 0 Å². The summed E-state index contributed by atoms with van der Waals surface area (Å²) >= 11 is 0. The molecule has 6 nitrogen and oxygen atoms in total. The van der Waals surface area contributed by atoms with Crippen LogP contribution in [-0.2, 0) is 11.3 Å². The molecule has 2 fully saturated rings. The van der Waals surface area contributed by atoms with Crippen LogP contribution in [0, 0.1) is 0 Å². The molecule has 6 heteroatoms. The van der Waals surface area contributed by atoms with Gasteiger partial charge in [-0.25, -0.2) is 0 Å². The highest BCUT2D eigenvalue weighted by atomic mass is 16.5. The number of amides is 1. The minimum absolute atomic E-state index is 0.166. The molecule has 2 aliphatic rings. The van der Waals surface area contributed by atoms with Crippen molar-refractivity contribution < 1.29 is 14.6 Å². The summed E-state index contributed by atoms with van der Waals surface area (Å²) in [6, 6.07) is 7.74. The maximum Gasteiger partial charge on any atom is 0.256 e. The van der Waals surface area contributed by atoms with E-state index in [0.717, 1.165) is 30.8 Å². The van der Waals surface area contributed by atoms with E-state index in [9.17, 15) is 9.90 Å². The smallest absolute Gasteiger partial charge is 0.256 e. The van der Waals surface area contributed by atoms with Gasteiger partial charge in [-0.05, 0) is 56.5 Å². The number of aliphatic hydroxyl groups is 1. The molecule has 1 aromatic rings. The Hall–Kier alpha value is -1.63. The topological polar surface area (TPSA) is 65.0 Å². The van der Waals surface area contributed by atoms with Crippen LogP contribution in [0.15, 0.2) is 24.3 Å². The maximum absolute atomic E-state index is 12.9. The van der Waals surface area contributed by atoms with Crippen LogP contribution in [-0.4, -0.2) is 72.8 Å². The van der Waals surface area contributed by atoms with Crippen LogP contribution < -0.4 is 10.1 Å². The zero-order valence-corrected chi connectivity index (χ0v) is 15.7. The highest BCUT2D eigenvalue weighted by Crippen LogP contribution is 2.24. The van der Waals surface area contributed by atoms with Crippen LogP contribution in [0.2, 0.25) is 0 Å². The van der Waals surface area contributed by atoms with E-state index < -0.39 is 5.60 Å². The standard InChI is InChI=1S/C20H31N3O3/c1-26-18-7-4-6-17(14-18)15-23-12-5-8-20(25,19(23)24)16-21-9-13-22-10-2-3-11-22/h4,6-7,14,21,25H,2-3,5,8-13,15-16H2,1H3. The first-order valence-corrected chi connectivity index (χ1v) is 9.68. The Bertz CT molecular complexity index is 604. The number of rotatable bonds is 8.